The van der Waals surface area contributed by atoms with Crippen molar-refractivity contribution < 1.29 is 27.8 Å². The normalized spacial score (nSPS) is 15.5. The van der Waals surface area contributed by atoms with E-state index in [4.69, 9.17) is 37.8 Å². The smallest absolute Gasteiger partial charge is 0.341 e. The van der Waals surface area contributed by atoms with E-state index in [2.05, 4.69) is 0 Å². The number of carboxylic acid groups (broad SMARTS) is 1. The molecule has 1 N–H and O–H groups in total. The van der Waals surface area contributed by atoms with E-state index >= 15 is 0 Å². The molecule has 0 aromatic heterocycles. The average molecular weight is 536 g/mol. The Bertz CT molecular complexity index is 1340. The van der Waals surface area contributed by atoms with E-state index in [-0.39, 0.29) is 9.92 Å². The van der Waals surface area contributed by atoms with Crippen LogP contribution in [0.4, 0.5) is 0 Å². The van der Waals surface area contributed by atoms with Gasteiger partial charge in [0.2, 0.25) is 10.0 Å². The molecule has 3 aromatic rings. The molecule has 35 heavy (non-hydrogen) atoms. The van der Waals surface area contributed by atoms with Crippen molar-refractivity contribution in [2.45, 2.75) is 30.2 Å². The highest BCUT2D eigenvalue weighted by Crippen LogP contribution is 2.41. The van der Waals surface area contributed by atoms with Gasteiger partial charge in [-0.05, 0) is 78.9 Å². The molecular weight excluding hydrogens is 513 g/mol. The first-order valence-electron chi connectivity index (χ1n) is 10.8. The molecule has 1 atom stereocenters. The van der Waals surface area contributed by atoms with Crippen LogP contribution in [0.1, 0.15) is 30.0 Å². The molecule has 0 radical (unpaired) electrons. The van der Waals surface area contributed by atoms with E-state index in [1.807, 2.05) is 6.07 Å². The van der Waals surface area contributed by atoms with Crippen LogP contribution in [-0.2, 0) is 21.2 Å². The van der Waals surface area contributed by atoms with Crippen molar-refractivity contribution in [1.29, 1.82) is 0 Å². The summed E-state index contributed by atoms with van der Waals surface area (Å²) in [7, 11) is -2.36. The fourth-order valence-corrected chi connectivity index (χ4v) is 5.93. The highest BCUT2D eigenvalue weighted by atomic mass is 35.5. The molecule has 4 rings (SSSR count). The maximum atomic E-state index is 13.5. The lowest BCUT2D eigenvalue weighted by atomic mass is 9.87. The van der Waals surface area contributed by atoms with Crippen molar-refractivity contribution in [3.63, 3.8) is 0 Å². The summed E-state index contributed by atoms with van der Waals surface area (Å²) in [6, 6.07) is 16.0. The monoisotopic (exact) mass is 535 g/mol. The molecule has 10 heteroatoms. The third kappa shape index (κ3) is 5.56. The molecule has 1 aliphatic rings. The molecular formula is C25H23Cl2NO6S. The van der Waals surface area contributed by atoms with Gasteiger partial charge in [0.15, 0.2) is 6.61 Å². The Morgan fingerprint density at radius 2 is 1.83 bits per heavy atom. The van der Waals surface area contributed by atoms with Gasteiger partial charge in [-0.2, -0.15) is 4.31 Å². The number of halogens is 2. The number of nitrogens with zero attached hydrogens (tertiary/aromatic N) is 1. The molecule has 1 unspecified atom stereocenters. The van der Waals surface area contributed by atoms with Crippen LogP contribution in [-0.4, -0.2) is 37.5 Å². The number of benzene rings is 3. The van der Waals surface area contributed by atoms with Crippen LogP contribution in [0.5, 0.6) is 17.2 Å². The second-order valence-electron chi connectivity index (χ2n) is 8.08. The van der Waals surface area contributed by atoms with Crippen molar-refractivity contribution in [2.75, 3.05) is 13.7 Å². The summed E-state index contributed by atoms with van der Waals surface area (Å²) in [5.74, 6) is 0.227. The summed E-state index contributed by atoms with van der Waals surface area (Å²) in [5, 5.41) is 9.67. The zero-order valence-corrected chi connectivity index (χ0v) is 21.1. The van der Waals surface area contributed by atoms with Crippen LogP contribution >= 0.6 is 23.2 Å². The summed E-state index contributed by atoms with van der Waals surface area (Å²) < 4.78 is 39.5. The van der Waals surface area contributed by atoms with Gasteiger partial charge < -0.3 is 14.6 Å². The lowest BCUT2D eigenvalue weighted by molar-refractivity contribution is -0.139. The summed E-state index contributed by atoms with van der Waals surface area (Å²) in [6.07, 6.45) is 2.04. The van der Waals surface area contributed by atoms with Gasteiger partial charge in [-0.15, -0.1) is 0 Å². The van der Waals surface area contributed by atoms with Crippen LogP contribution in [0.2, 0.25) is 10.0 Å². The molecule has 1 aliphatic carbocycles. The summed E-state index contributed by atoms with van der Waals surface area (Å²) >= 11 is 12.3. The van der Waals surface area contributed by atoms with Crippen molar-refractivity contribution in [2.24, 2.45) is 0 Å². The Balaban J connectivity index is 1.59. The summed E-state index contributed by atoms with van der Waals surface area (Å²) in [4.78, 5) is 11.0. The summed E-state index contributed by atoms with van der Waals surface area (Å²) in [5.41, 5.74) is 1.63. The third-order valence-corrected chi connectivity index (χ3v) is 8.25. The Labute approximate surface area is 213 Å². The maximum Gasteiger partial charge on any atom is 0.341 e. The third-order valence-electron chi connectivity index (χ3n) is 5.84. The molecule has 0 fully saturated rings. The summed E-state index contributed by atoms with van der Waals surface area (Å²) in [6.45, 7) is -0.460. The van der Waals surface area contributed by atoms with Gasteiger partial charge in [-0.1, -0.05) is 35.3 Å². The number of hydrogen-bond acceptors (Lipinski definition) is 5. The molecule has 3 aromatic carbocycles. The van der Waals surface area contributed by atoms with Gasteiger partial charge in [0.05, 0.1) is 16.0 Å². The van der Waals surface area contributed by atoms with Crippen molar-refractivity contribution in [3.8, 4) is 17.2 Å². The molecule has 0 bridgehead atoms. The van der Waals surface area contributed by atoms with Gasteiger partial charge in [-0.3, -0.25) is 0 Å². The van der Waals surface area contributed by atoms with Gasteiger partial charge in [0.1, 0.15) is 17.2 Å². The SMILES string of the molecule is CN(C1CCCc2c(OCC(=O)O)cccc21)S(=O)(=O)c1ccc(Oc2ccc(Cl)cc2)c(Cl)c1. The first-order valence-corrected chi connectivity index (χ1v) is 13.0. The highest BCUT2D eigenvalue weighted by Gasteiger charge is 2.33. The van der Waals surface area contributed by atoms with E-state index in [0.717, 1.165) is 17.5 Å². The standard InChI is InChI=1S/C25H23Cl2NO6S/c1-28(22-6-2-5-20-19(22)4-3-7-23(20)33-15-25(29)30)35(31,32)18-12-13-24(21(27)14-18)34-17-10-8-16(26)9-11-17/h3-4,7-14,22H,2,5-6,15H2,1H3,(H,29,30). The minimum atomic E-state index is -3.90. The molecule has 184 valence electrons. The van der Waals surface area contributed by atoms with Crippen LogP contribution in [0, 0.1) is 0 Å². The predicted molar refractivity (Wildman–Crippen MR) is 133 cm³/mol. The fraction of sp³-hybridized carbons (Fsp3) is 0.240. The zero-order chi connectivity index (χ0) is 25.2. The number of rotatable bonds is 8. The van der Waals surface area contributed by atoms with E-state index < -0.39 is 28.6 Å². The topological polar surface area (TPSA) is 93.1 Å². The van der Waals surface area contributed by atoms with Crippen LogP contribution in [0.15, 0.2) is 65.6 Å². The van der Waals surface area contributed by atoms with Gasteiger partial charge in [0.25, 0.3) is 0 Å². The Hall–Kier alpha value is -2.78. The number of fused-ring (bicyclic) bond motifs is 1. The minimum absolute atomic E-state index is 0.0406. The fourth-order valence-electron chi connectivity index (χ4n) is 4.13. The van der Waals surface area contributed by atoms with Gasteiger partial charge in [0, 0.05) is 12.1 Å². The molecule has 0 saturated carbocycles. The van der Waals surface area contributed by atoms with Gasteiger partial charge in [-0.25, -0.2) is 13.2 Å². The quantitative estimate of drug-likeness (QED) is 0.383. The second kappa shape index (κ2) is 10.5. The first kappa shape index (κ1) is 25.3. The molecule has 0 saturated heterocycles. The predicted octanol–water partition coefficient (Wildman–Crippen LogP) is 5.95. The Morgan fingerprint density at radius 3 is 2.51 bits per heavy atom. The first-order chi connectivity index (χ1) is 16.7. The maximum absolute atomic E-state index is 13.5. The Kier molecular flexibility index (Phi) is 7.56. The zero-order valence-electron chi connectivity index (χ0n) is 18.8. The lowest BCUT2D eigenvalue weighted by Gasteiger charge is -2.33. The van der Waals surface area contributed by atoms with Crippen molar-refractivity contribution >= 4 is 39.2 Å². The highest BCUT2D eigenvalue weighted by molar-refractivity contribution is 7.89. The van der Waals surface area contributed by atoms with E-state index in [1.54, 1.807) is 36.4 Å². The van der Waals surface area contributed by atoms with Crippen LogP contribution in [0.25, 0.3) is 0 Å². The van der Waals surface area contributed by atoms with Gasteiger partial charge >= 0.3 is 5.97 Å². The average Bonchev–Trinajstić information content (AvgIpc) is 2.84. The van der Waals surface area contributed by atoms with Crippen LogP contribution in [0.3, 0.4) is 0 Å². The van der Waals surface area contributed by atoms with E-state index in [9.17, 15) is 13.2 Å². The molecule has 0 aliphatic heterocycles. The van der Waals surface area contributed by atoms with Crippen molar-refractivity contribution in [1.82, 2.24) is 4.31 Å². The molecule has 0 spiro atoms. The Morgan fingerprint density at radius 1 is 1.09 bits per heavy atom. The molecule has 7 nitrogen and oxygen atoms in total. The number of hydrogen-bond donors (Lipinski definition) is 1. The number of sulfonamides is 1. The lowest BCUT2D eigenvalue weighted by Crippen LogP contribution is -2.33. The van der Waals surface area contributed by atoms with E-state index in [0.29, 0.717) is 35.1 Å². The number of aliphatic carboxylic acids is 1. The second-order valence-corrected chi connectivity index (χ2v) is 10.9. The molecule has 0 amide bonds. The molecule has 0 heterocycles. The van der Waals surface area contributed by atoms with Crippen LogP contribution < -0.4 is 9.47 Å². The largest absolute Gasteiger partial charge is 0.482 e. The van der Waals surface area contributed by atoms with E-state index in [1.165, 1.54) is 29.6 Å². The van der Waals surface area contributed by atoms with Crippen molar-refractivity contribution in [3.05, 3.63) is 81.8 Å². The minimum Gasteiger partial charge on any atom is -0.482 e. The number of ether oxygens (including phenoxy) is 2. The number of carboxylic acids is 1. The number of carbonyl (C=O) groups is 1.